The van der Waals surface area contributed by atoms with Crippen LogP contribution in [0.4, 0.5) is 4.79 Å². The number of carboxylic acid groups (broad SMARTS) is 1. The number of carbonyl (C=O) groups excluding carboxylic acids is 2. The van der Waals surface area contributed by atoms with Gasteiger partial charge in [-0.15, -0.1) is 0 Å². The zero-order valence-corrected chi connectivity index (χ0v) is 11.8. The van der Waals surface area contributed by atoms with E-state index in [2.05, 4.69) is 16.0 Å². The Morgan fingerprint density at radius 1 is 1.15 bits per heavy atom. The molecule has 7 heteroatoms. The first-order valence-corrected chi connectivity index (χ1v) is 7.04. The molecule has 7 nitrogen and oxygen atoms in total. The lowest BCUT2D eigenvalue weighted by molar-refractivity contribution is -0.138. The Kier molecular flexibility index (Phi) is 6.83. The molecule has 0 aromatic rings. The second-order valence-electron chi connectivity index (χ2n) is 5.07. The van der Waals surface area contributed by atoms with Crippen LogP contribution in [0.5, 0.6) is 0 Å². The summed E-state index contributed by atoms with van der Waals surface area (Å²) in [6.45, 7) is 3.00. The normalized spacial score (nSPS) is 15.2. The molecule has 1 aliphatic rings. The molecule has 1 aliphatic carbocycles. The van der Waals surface area contributed by atoms with E-state index in [0.717, 1.165) is 12.8 Å². The number of carboxylic acids is 1. The number of aliphatic carboxylic acids is 1. The number of hydrogen-bond donors (Lipinski definition) is 4. The van der Waals surface area contributed by atoms with Crippen LogP contribution >= 0.6 is 0 Å². The van der Waals surface area contributed by atoms with E-state index in [1.54, 1.807) is 0 Å². The molecule has 0 bridgehead atoms. The van der Waals surface area contributed by atoms with Crippen LogP contribution in [0.25, 0.3) is 0 Å². The van der Waals surface area contributed by atoms with E-state index in [1.807, 2.05) is 6.92 Å². The molecule has 3 amide bonds. The van der Waals surface area contributed by atoms with Crippen LogP contribution in [0.1, 0.15) is 32.6 Å². The van der Waals surface area contributed by atoms with Gasteiger partial charge in [-0.1, -0.05) is 13.3 Å². The van der Waals surface area contributed by atoms with Crippen molar-refractivity contribution >= 4 is 17.9 Å². The Morgan fingerprint density at radius 3 is 2.35 bits per heavy atom. The Hall–Kier alpha value is -1.79. The largest absolute Gasteiger partial charge is 0.481 e. The van der Waals surface area contributed by atoms with Crippen LogP contribution in [-0.2, 0) is 9.59 Å². The monoisotopic (exact) mass is 285 g/mol. The van der Waals surface area contributed by atoms with Gasteiger partial charge in [-0.3, -0.25) is 9.59 Å². The first-order valence-electron chi connectivity index (χ1n) is 7.04. The van der Waals surface area contributed by atoms with Gasteiger partial charge in [0.1, 0.15) is 0 Å². The van der Waals surface area contributed by atoms with Crippen molar-refractivity contribution in [1.82, 2.24) is 16.0 Å². The highest BCUT2D eigenvalue weighted by Gasteiger charge is 2.28. The number of hydrogen-bond acceptors (Lipinski definition) is 3. The molecular formula is C13H23N3O4. The predicted octanol–water partition coefficient (Wildman–Crippen LogP) is 0.313. The van der Waals surface area contributed by atoms with E-state index in [4.69, 9.17) is 5.11 Å². The Balaban J connectivity index is 2.03. The Labute approximate surface area is 118 Å². The van der Waals surface area contributed by atoms with Crippen LogP contribution < -0.4 is 16.0 Å². The summed E-state index contributed by atoms with van der Waals surface area (Å²) in [7, 11) is 0. The van der Waals surface area contributed by atoms with Crippen molar-refractivity contribution in [3.63, 3.8) is 0 Å². The molecule has 0 heterocycles. The van der Waals surface area contributed by atoms with Crippen LogP contribution in [0, 0.1) is 11.8 Å². The molecule has 0 spiro atoms. The summed E-state index contributed by atoms with van der Waals surface area (Å²) in [5, 5.41) is 16.7. The van der Waals surface area contributed by atoms with Gasteiger partial charge < -0.3 is 21.1 Å². The van der Waals surface area contributed by atoms with Crippen LogP contribution in [0.3, 0.4) is 0 Å². The van der Waals surface area contributed by atoms with E-state index in [0.29, 0.717) is 26.1 Å². The van der Waals surface area contributed by atoms with Crippen molar-refractivity contribution in [3.8, 4) is 0 Å². The summed E-state index contributed by atoms with van der Waals surface area (Å²) in [6.07, 6.45) is 2.67. The molecule has 0 radical (unpaired) electrons. The fourth-order valence-corrected chi connectivity index (χ4v) is 1.76. The van der Waals surface area contributed by atoms with E-state index >= 15 is 0 Å². The van der Waals surface area contributed by atoms with Gasteiger partial charge in [0.25, 0.3) is 0 Å². The van der Waals surface area contributed by atoms with Gasteiger partial charge in [-0.2, -0.15) is 0 Å². The van der Waals surface area contributed by atoms with Gasteiger partial charge in [0.2, 0.25) is 5.91 Å². The van der Waals surface area contributed by atoms with E-state index in [-0.39, 0.29) is 30.2 Å². The SMILES string of the molecule is CCC(CNC(=O)NCCNC(=O)C1CC1)CC(=O)O. The minimum Gasteiger partial charge on any atom is -0.481 e. The summed E-state index contributed by atoms with van der Waals surface area (Å²) in [4.78, 5) is 33.3. The lowest BCUT2D eigenvalue weighted by Gasteiger charge is -2.14. The molecule has 0 saturated heterocycles. The summed E-state index contributed by atoms with van der Waals surface area (Å²) < 4.78 is 0. The van der Waals surface area contributed by atoms with Crippen molar-refractivity contribution in [1.29, 1.82) is 0 Å². The zero-order chi connectivity index (χ0) is 15.0. The second-order valence-corrected chi connectivity index (χ2v) is 5.07. The quantitative estimate of drug-likeness (QED) is 0.457. The van der Waals surface area contributed by atoms with E-state index in [9.17, 15) is 14.4 Å². The number of carbonyl (C=O) groups is 3. The molecular weight excluding hydrogens is 262 g/mol. The molecule has 114 valence electrons. The van der Waals surface area contributed by atoms with Crippen molar-refractivity contribution in [3.05, 3.63) is 0 Å². The van der Waals surface area contributed by atoms with Gasteiger partial charge in [-0.25, -0.2) is 4.79 Å². The standard InChI is InChI=1S/C13H23N3O4/c1-2-9(7-11(17)18)8-16-13(20)15-6-5-14-12(19)10-3-4-10/h9-10H,2-8H2,1H3,(H,14,19)(H,17,18)(H2,15,16,20). The van der Waals surface area contributed by atoms with Crippen LogP contribution in [0.15, 0.2) is 0 Å². The molecule has 20 heavy (non-hydrogen) atoms. The van der Waals surface area contributed by atoms with Gasteiger partial charge in [0.15, 0.2) is 0 Å². The molecule has 4 N–H and O–H groups in total. The van der Waals surface area contributed by atoms with Crippen LogP contribution in [-0.4, -0.2) is 42.6 Å². The Bertz CT molecular complexity index is 356. The fourth-order valence-electron chi connectivity index (χ4n) is 1.76. The number of nitrogens with one attached hydrogen (secondary N) is 3. The average Bonchev–Trinajstić information content (AvgIpc) is 3.23. The summed E-state index contributed by atoms with van der Waals surface area (Å²) in [5.74, 6) is -0.695. The summed E-state index contributed by atoms with van der Waals surface area (Å²) in [5.41, 5.74) is 0. The molecule has 0 aromatic carbocycles. The maximum atomic E-state index is 11.5. The average molecular weight is 285 g/mol. The van der Waals surface area contributed by atoms with Crippen molar-refractivity contribution in [2.24, 2.45) is 11.8 Å². The summed E-state index contributed by atoms with van der Waals surface area (Å²) in [6, 6.07) is -0.338. The van der Waals surface area contributed by atoms with Crippen molar-refractivity contribution in [2.45, 2.75) is 32.6 Å². The zero-order valence-electron chi connectivity index (χ0n) is 11.8. The van der Waals surface area contributed by atoms with Crippen LogP contribution in [0.2, 0.25) is 0 Å². The maximum absolute atomic E-state index is 11.5. The molecule has 1 rings (SSSR count). The van der Waals surface area contributed by atoms with Crippen molar-refractivity contribution in [2.75, 3.05) is 19.6 Å². The highest BCUT2D eigenvalue weighted by Crippen LogP contribution is 2.28. The second kappa shape index (κ2) is 8.39. The number of urea groups is 1. The third-order valence-corrected chi connectivity index (χ3v) is 3.25. The highest BCUT2D eigenvalue weighted by molar-refractivity contribution is 5.80. The first-order chi connectivity index (χ1) is 9.52. The van der Waals surface area contributed by atoms with Gasteiger partial charge in [-0.05, 0) is 18.8 Å². The van der Waals surface area contributed by atoms with Gasteiger partial charge in [0, 0.05) is 32.0 Å². The molecule has 1 unspecified atom stereocenters. The third kappa shape index (κ3) is 6.96. The first kappa shape index (κ1) is 16.3. The molecule has 1 fully saturated rings. The third-order valence-electron chi connectivity index (χ3n) is 3.25. The van der Waals surface area contributed by atoms with E-state index < -0.39 is 5.97 Å². The van der Waals surface area contributed by atoms with Gasteiger partial charge in [0.05, 0.1) is 0 Å². The fraction of sp³-hybridized carbons (Fsp3) is 0.769. The summed E-state index contributed by atoms with van der Waals surface area (Å²) >= 11 is 0. The highest BCUT2D eigenvalue weighted by atomic mass is 16.4. The molecule has 1 saturated carbocycles. The molecule has 1 atom stereocenters. The Morgan fingerprint density at radius 2 is 1.80 bits per heavy atom. The number of amides is 3. The van der Waals surface area contributed by atoms with Gasteiger partial charge >= 0.3 is 12.0 Å². The smallest absolute Gasteiger partial charge is 0.314 e. The predicted molar refractivity (Wildman–Crippen MR) is 73.2 cm³/mol. The molecule has 0 aromatic heterocycles. The lowest BCUT2D eigenvalue weighted by atomic mass is 10.0. The van der Waals surface area contributed by atoms with Crippen molar-refractivity contribution < 1.29 is 19.5 Å². The van der Waals surface area contributed by atoms with E-state index in [1.165, 1.54) is 0 Å². The minimum atomic E-state index is -0.859. The maximum Gasteiger partial charge on any atom is 0.314 e. The lowest BCUT2D eigenvalue weighted by Crippen LogP contribution is -2.42. The number of rotatable bonds is 9. The molecule has 0 aliphatic heterocycles. The topological polar surface area (TPSA) is 108 Å². The minimum absolute atomic E-state index is 0.0498.